The molecule has 0 atom stereocenters. The smallest absolute Gasteiger partial charge is 0.258 e. The number of nitrogens with zero attached hydrogens (tertiary/aromatic N) is 2. The van der Waals surface area contributed by atoms with E-state index in [9.17, 15) is 20.1 Å². The number of aromatic hydroxyl groups is 3. The maximum absolute atomic E-state index is 12.2. The highest BCUT2D eigenvalue weighted by atomic mass is 16.3. The number of aliphatic imine (C=N–C) groups is 1. The number of pyridine rings is 1. The van der Waals surface area contributed by atoms with Crippen molar-refractivity contribution in [3.8, 4) is 17.4 Å². The van der Waals surface area contributed by atoms with E-state index >= 15 is 0 Å². The number of nitrogens with one attached hydrogen (secondary N) is 1. The van der Waals surface area contributed by atoms with Gasteiger partial charge in [0.05, 0.1) is 12.1 Å². The highest BCUT2D eigenvalue weighted by molar-refractivity contribution is 6.02. The Morgan fingerprint density at radius 2 is 1.75 bits per heavy atom. The standard InChI is InChI=1S/C21H23N3O4/c1-3-24(4-2)14-6-7-15-16(10-14)17(21(28)23-20(15)27)12-22-11-13-5-8-18(25)19(26)9-13/h5-10,12,25-26H,3-4,11H2,1-2H3,(H2,23,27,28). The number of rotatable bonds is 6. The summed E-state index contributed by atoms with van der Waals surface area (Å²) >= 11 is 0. The SMILES string of the molecule is CCN(CC)c1ccc2c(=O)[nH]c(O)c(C=NCc3ccc(O)c(O)c3)c2c1. The van der Waals surface area contributed by atoms with Crippen LogP contribution in [0.4, 0.5) is 5.69 Å². The number of H-pyrrole nitrogens is 1. The normalized spacial score (nSPS) is 11.4. The fraction of sp³-hybridized carbons (Fsp3) is 0.238. The second-order valence-electron chi connectivity index (χ2n) is 6.41. The van der Waals surface area contributed by atoms with Crippen molar-refractivity contribution in [3.05, 3.63) is 57.9 Å². The maximum Gasteiger partial charge on any atom is 0.258 e. The van der Waals surface area contributed by atoms with Gasteiger partial charge in [-0.3, -0.25) is 14.8 Å². The van der Waals surface area contributed by atoms with Gasteiger partial charge >= 0.3 is 0 Å². The van der Waals surface area contributed by atoms with Crippen LogP contribution < -0.4 is 10.5 Å². The fourth-order valence-electron chi connectivity index (χ4n) is 3.15. The lowest BCUT2D eigenvalue weighted by Gasteiger charge is -2.21. The Labute approximate surface area is 162 Å². The molecule has 1 aromatic heterocycles. The molecule has 0 fully saturated rings. The molecule has 1 heterocycles. The predicted octanol–water partition coefficient (Wildman–Crippen LogP) is 3.11. The summed E-state index contributed by atoms with van der Waals surface area (Å²) in [4.78, 5) is 21.1. The summed E-state index contributed by atoms with van der Waals surface area (Å²) in [6.45, 7) is 6.00. The first-order valence-corrected chi connectivity index (χ1v) is 9.09. The Balaban J connectivity index is 2.01. The van der Waals surface area contributed by atoms with Crippen LogP contribution in [0.2, 0.25) is 0 Å². The third-order valence-electron chi connectivity index (χ3n) is 4.69. The molecule has 0 aliphatic carbocycles. The van der Waals surface area contributed by atoms with Crippen molar-refractivity contribution in [2.24, 2.45) is 4.99 Å². The summed E-state index contributed by atoms with van der Waals surface area (Å²) in [6.07, 6.45) is 1.50. The molecule has 0 bridgehead atoms. The second kappa shape index (κ2) is 8.04. The zero-order valence-electron chi connectivity index (χ0n) is 15.8. The third-order valence-corrected chi connectivity index (χ3v) is 4.69. The van der Waals surface area contributed by atoms with Gasteiger partial charge in [0.15, 0.2) is 11.5 Å². The number of aromatic amines is 1. The molecule has 0 unspecified atom stereocenters. The minimum absolute atomic E-state index is 0.194. The number of aromatic nitrogens is 1. The zero-order chi connectivity index (χ0) is 20.3. The van der Waals surface area contributed by atoms with Crippen LogP contribution in [0.5, 0.6) is 17.4 Å². The van der Waals surface area contributed by atoms with Gasteiger partial charge in [-0.2, -0.15) is 0 Å². The van der Waals surface area contributed by atoms with E-state index in [2.05, 4.69) is 28.7 Å². The summed E-state index contributed by atoms with van der Waals surface area (Å²) < 4.78 is 0. The van der Waals surface area contributed by atoms with E-state index in [1.165, 1.54) is 18.3 Å². The van der Waals surface area contributed by atoms with Crippen LogP contribution in [-0.4, -0.2) is 39.6 Å². The molecule has 3 aromatic rings. The largest absolute Gasteiger partial charge is 0.504 e. The summed E-state index contributed by atoms with van der Waals surface area (Å²) in [7, 11) is 0. The van der Waals surface area contributed by atoms with Gasteiger partial charge in [0.2, 0.25) is 5.88 Å². The lowest BCUT2D eigenvalue weighted by Crippen LogP contribution is -2.22. The van der Waals surface area contributed by atoms with Crippen LogP contribution in [0.1, 0.15) is 25.0 Å². The molecule has 0 amide bonds. The second-order valence-corrected chi connectivity index (χ2v) is 6.41. The minimum Gasteiger partial charge on any atom is -0.504 e. The van der Waals surface area contributed by atoms with Crippen molar-refractivity contribution < 1.29 is 15.3 Å². The van der Waals surface area contributed by atoms with E-state index in [1.54, 1.807) is 12.1 Å². The van der Waals surface area contributed by atoms with Gasteiger partial charge in [-0.15, -0.1) is 0 Å². The van der Waals surface area contributed by atoms with E-state index in [4.69, 9.17) is 0 Å². The molecule has 0 aliphatic heterocycles. The van der Waals surface area contributed by atoms with Crippen molar-refractivity contribution in [3.63, 3.8) is 0 Å². The molecule has 0 radical (unpaired) electrons. The summed E-state index contributed by atoms with van der Waals surface area (Å²) in [5, 5.41) is 30.3. The Hall–Kier alpha value is -3.48. The lowest BCUT2D eigenvalue weighted by molar-refractivity contribution is 0.403. The van der Waals surface area contributed by atoms with Gasteiger partial charge in [0, 0.05) is 35.8 Å². The Bertz CT molecular complexity index is 1080. The molecule has 0 saturated carbocycles. The van der Waals surface area contributed by atoms with Crippen LogP contribution in [0.3, 0.4) is 0 Å². The Morgan fingerprint density at radius 1 is 1.00 bits per heavy atom. The summed E-state index contributed by atoms with van der Waals surface area (Å²) in [5.41, 5.74) is 1.72. The molecule has 3 rings (SSSR count). The van der Waals surface area contributed by atoms with Crippen molar-refractivity contribution >= 4 is 22.7 Å². The van der Waals surface area contributed by atoms with Crippen LogP contribution in [0, 0.1) is 0 Å². The van der Waals surface area contributed by atoms with E-state index in [0.717, 1.165) is 18.8 Å². The number of hydrogen-bond acceptors (Lipinski definition) is 6. The number of phenols is 2. The number of benzene rings is 2. The van der Waals surface area contributed by atoms with Crippen molar-refractivity contribution in [2.75, 3.05) is 18.0 Å². The number of hydrogen-bond donors (Lipinski definition) is 4. The van der Waals surface area contributed by atoms with Crippen LogP contribution in [0.25, 0.3) is 10.8 Å². The molecular formula is C21H23N3O4. The van der Waals surface area contributed by atoms with Crippen LogP contribution in [0.15, 0.2) is 46.2 Å². The molecule has 7 nitrogen and oxygen atoms in total. The first-order valence-electron chi connectivity index (χ1n) is 9.09. The van der Waals surface area contributed by atoms with Gasteiger partial charge in [-0.1, -0.05) is 6.07 Å². The summed E-state index contributed by atoms with van der Waals surface area (Å²) in [5.74, 6) is -0.652. The van der Waals surface area contributed by atoms with Gasteiger partial charge in [0.1, 0.15) is 0 Å². The fourth-order valence-corrected chi connectivity index (χ4v) is 3.15. The van der Waals surface area contributed by atoms with Crippen LogP contribution in [-0.2, 0) is 6.54 Å². The molecule has 0 saturated heterocycles. The molecule has 2 aromatic carbocycles. The number of phenolic OH excluding ortho intramolecular Hbond substituents is 2. The Morgan fingerprint density at radius 3 is 2.43 bits per heavy atom. The quantitative estimate of drug-likeness (QED) is 0.387. The van der Waals surface area contributed by atoms with Crippen LogP contribution >= 0.6 is 0 Å². The molecular weight excluding hydrogens is 358 g/mol. The topological polar surface area (TPSA) is 109 Å². The molecule has 7 heteroatoms. The van der Waals surface area contributed by atoms with Crippen molar-refractivity contribution in [1.29, 1.82) is 0 Å². The van der Waals surface area contributed by atoms with E-state index in [1.807, 2.05) is 12.1 Å². The monoisotopic (exact) mass is 381 g/mol. The molecule has 146 valence electrons. The number of anilines is 1. The van der Waals surface area contributed by atoms with Crippen molar-refractivity contribution in [1.82, 2.24) is 4.98 Å². The maximum atomic E-state index is 12.2. The van der Waals surface area contributed by atoms with E-state index < -0.39 is 0 Å². The van der Waals surface area contributed by atoms with Gasteiger partial charge in [0.25, 0.3) is 5.56 Å². The van der Waals surface area contributed by atoms with Crippen molar-refractivity contribution in [2.45, 2.75) is 20.4 Å². The third kappa shape index (κ3) is 3.78. The number of fused-ring (bicyclic) bond motifs is 1. The van der Waals surface area contributed by atoms with Gasteiger partial charge in [-0.25, -0.2) is 0 Å². The van der Waals surface area contributed by atoms with Gasteiger partial charge in [-0.05, 0) is 49.7 Å². The first-order chi connectivity index (χ1) is 13.4. The molecule has 0 spiro atoms. The van der Waals surface area contributed by atoms with Gasteiger partial charge < -0.3 is 20.2 Å². The average molecular weight is 381 g/mol. The predicted molar refractivity (Wildman–Crippen MR) is 111 cm³/mol. The van der Waals surface area contributed by atoms with E-state index in [-0.39, 0.29) is 29.5 Å². The highest BCUT2D eigenvalue weighted by Crippen LogP contribution is 2.27. The lowest BCUT2D eigenvalue weighted by atomic mass is 10.1. The first kappa shape index (κ1) is 19.3. The molecule has 28 heavy (non-hydrogen) atoms. The minimum atomic E-state index is -0.362. The average Bonchev–Trinajstić information content (AvgIpc) is 2.68. The molecule has 0 aliphatic rings. The Kier molecular flexibility index (Phi) is 5.54. The molecule has 4 N–H and O–H groups in total. The summed E-state index contributed by atoms with van der Waals surface area (Å²) in [6, 6.07) is 9.98. The van der Waals surface area contributed by atoms with E-state index in [0.29, 0.717) is 21.9 Å². The highest BCUT2D eigenvalue weighted by Gasteiger charge is 2.12. The zero-order valence-corrected chi connectivity index (χ0v) is 15.8.